The first-order chi connectivity index (χ1) is 12.5. The summed E-state index contributed by atoms with van der Waals surface area (Å²) in [5.74, 6) is -1.03. The summed E-state index contributed by atoms with van der Waals surface area (Å²) in [6.07, 6.45) is 2.57. The highest BCUT2D eigenvalue weighted by Gasteiger charge is 2.27. The quantitative estimate of drug-likeness (QED) is 0.740. The maximum Gasteiger partial charge on any atom is 0.335 e. The molecule has 0 unspecified atom stereocenters. The third kappa shape index (κ3) is 4.40. The number of amides is 1. The van der Waals surface area contributed by atoms with Crippen molar-refractivity contribution in [3.05, 3.63) is 24.3 Å². The Morgan fingerprint density at radius 3 is 2.46 bits per heavy atom. The molecule has 1 aromatic carbocycles. The van der Waals surface area contributed by atoms with Gasteiger partial charge in [-0.3, -0.25) is 4.79 Å². The summed E-state index contributed by atoms with van der Waals surface area (Å²) in [6.45, 7) is 1.19. The summed E-state index contributed by atoms with van der Waals surface area (Å²) < 4.78 is 36.5. The van der Waals surface area contributed by atoms with Crippen LogP contribution in [0.15, 0.2) is 29.2 Å². The summed E-state index contributed by atoms with van der Waals surface area (Å²) in [7, 11) is -3.48. The third-order valence-electron chi connectivity index (χ3n) is 4.38. The van der Waals surface area contributed by atoms with E-state index in [4.69, 9.17) is 9.47 Å². The first-order valence-corrected chi connectivity index (χ1v) is 10.1. The van der Waals surface area contributed by atoms with Gasteiger partial charge in [-0.1, -0.05) is 0 Å². The first kappa shape index (κ1) is 18.8. The fraction of sp³-hybridized carbons (Fsp3) is 0.529. The Morgan fingerprint density at radius 2 is 1.85 bits per heavy atom. The molecule has 0 bridgehead atoms. The predicted molar refractivity (Wildman–Crippen MR) is 93.0 cm³/mol. The fourth-order valence-electron chi connectivity index (χ4n) is 2.98. The van der Waals surface area contributed by atoms with E-state index in [1.54, 1.807) is 0 Å². The van der Waals surface area contributed by atoms with Gasteiger partial charge in [0.1, 0.15) is 0 Å². The number of anilines is 1. The van der Waals surface area contributed by atoms with Crippen molar-refractivity contribution in [3.63, 3.8) is 0 Å². The number of ether oxygens (including phenoxy) is 2. The van der Waals surface area contributed by atoms with Crippen molar-refractivity contribution in [2.75, 3.05) is 31.6 Å². The molecule has 3 rings (SSSR count). The zero-order chi connectivity index (χ0) is 18.6. The Balaban J connectivity index is 1.52. The number of sulfonamides is 1. The smallest absolute Gasteiger partial charge is 0.335 e. The van der Waals surface area contributed by atoms with Crippen molar-refractivity contribution in [2.24, 2.45) is 0 Å². The maximum atomic E-state index is 12.4. The molecule has 1 amide bonds. The zero-order valence-corrected chi connectivity index (χ0v) is 15.2. The first-order valence-electron chi connectivity index (χ1n) is 8.65. The number of rotatable bonds is 6. The second kappa shape index (κ2) is 8.15. The number of carbonyl (C=O) groups excluding carboxylic acids is 2. The SMILES string of the molecule is O=C(COC(=O)[C@@H]1CCCO1)Nc1ccc(S(=O)(=O)N2CCCC2)cc1. The molecule has 142 valence electrons. The lowest BCUT2D eigenvalue weighted by Crippen LogP contribution is -2.28. The van der Waals surface area contributed by atoms with Crippen molar-refractivity contribution < 1.29 is 27.5 Å². The average molecular weight is 382 g/mol. The molecule has 0 saturated carbocycles. The highest BCUT2D eigenvalue weighted by atomic mass is 32.2. The second-order valence-corrected chi connectivity index (χ2v) is 8.23. The van der Waals surface area contributed by atoms with Crippen LogP contribution < -0.4 is 5.32 Å². The van der Waals surface area contributed by atoms with Crippen LogP contribution in [0.5, 0.6) is 0 Å². The molecular weight excluding hydrogens is 360 g/mol. The summed E-state index contributed by atoms with van der Waals surface area (Å²) in [4.78, 5) is 23.7. The molecule has 0 radical (unpaired) electrons. The zero-order valence-electron chi connectivity index (χ0n) is 14.3. The van der Waals surface area contributed by atoms with E-state index in [0.29, 0.717) is 31.8 Å². The van der Waals surface area contributed by atoms with Crippen LogP contribution in [0.3, 0.4) is 0 Å². The van der Waals surface area contributed by atoms with Crippen molar-refractivity contribution in [1.29, 1.82) is 0 Å². The van der Waals surface area contributed by atoms with Gasteiger partial charge in [0.15, 0.2) is 12.7 Å². The molecule has 9 heteroatoms. The van der Waals surface area contributed by atoms with Gasteiger partial charge in [0.05, 0.1) is 4.90 Å². The lowest BCUT2D eigenvalue weighted by Gasteiger charge is -2.15. The molecule has 0 spiro atoms. The van der Waals surface area contributed by atoms with Gasteiger partial charge < -0.3 is 14.8 Å². The molecule has 2 heterocycles. The molecule has 2 fully saturated rings. The van der Waals surface area contributed by atoms with Crippen LogP contribution in [0.4, 0.5) is 5.69 Å². The number of benzene rings is 1. The van der Waals surface area contributed by atoms with E-state index in [0.717, 1.165) is 19.3 Å². The molecule has 1 aromatic rings. The monoisotopic (exact) mass is 382 g/mol. The van der Waals surface area contributed by atoms with E-state index < -0.39 is 34.6 Å². The predicted octanol–water partition coefficient (Wildman–Crippen LogP) is 1.13. The van der Waals surface area contributed by atoms with Crippen LogP contribution in [-0.2, 0) is 29.1 Å². The van der Waals surface area contributed by atoms with E-state index in [9.17, 15) is 18.0 Å². The van der Waals surface area contributed by atoms with Crippen LogP contribution in [0.1, 0.15) is 25.7 Å². The number of carbonyl (C=O) groups is 2. The molecule has 8 nitrogen and oxygen atoms in total. The van der Waals surface area contributed by atoms with Gasteiger partial charge in [-0.05, 0) is 49.9 Å². The minimum absolute atomic E-state index is 0.196. The van der Waals surface area contributed by atoms with Crippen LogP contribution >= 0.6 is 0 Å². The molecule has 26 heavy (non-hydrogen) atoms. The van der Waals surface area contributed by atoms with Crippen molar-refractivity contribution >= 4 is 27.6 Å². The van der Waals surface area contributed by atoms with Gasteiger partial charge in [0.2, 0.25) is 10.0 Å². The number of esters is 1. The second-order valence-electron chi connectivity index (χ2n) is 6.29. The van der Waals surface area contributed by atoms with Gasteiger partial charge in [0.25, 0.3) is 5.91 Å². The summed E-state index contributed by atoms with van der Waals surface area (Å²) in [5.41, 5.74) is 0.434. The topological polar surface area (TPSA) is 102 Å². The van der Waals surface area contributed by atoms with E-state index >= 15 is 0 Å². The molecular formula is C17H22N2O6S. The lowest BCUT2D eigenvalue weighted by molar-refractivity contribution is -0.156. The highest BCUT2D eigenvalue weighted by molar-refractivity contribution is 7.89. The molecule has 0 aromatic heterocycles. The number of hydrogen-bond donors (Lipinski definition) is 1. The van der Waals surface area contributed by atoms with Gasteiger partial charge in [-0.2, -0.15) is 4.31 Å². The third-order valence-corrected chi connectivity index (χ3v) is 6.29. The largest absolute Gasteiger partial charge is 0.454 e. The Kier molecular flexibility index (Phi) is 5.90. The van der Waals surface area contributed by atoms with Gasteiger partial charge >= 0.3 is 5.97 Å². The standard InChI is InChI=1S/C17H22N2O6S/c20-16(12-25-17(21)15-4-3-11-24-15)18-13-5-7-14(8-6-13)26(22,23)19-9-1-2-10-19/h5-8,15H,1-4,9-12H2,(H,18,20)/t15-/m0/s1. The van der Waals surface area contributed by atoms with Gasteiger partial charge in [0, 0.05) is 25.4 Å². The van der Waals surface area contributed by atoms with E-state index in [-0.39, 0.29) is 4.90 Å². The van der Waals surface area contributed by atoms with Crippen molar-refractivity contribution in [3.8, 4) is 0 Å². The highest BCUT2D eigenvalue weighted by Crippen LogP contribution is 2.22. The van der Waals surface area contributed by atoms with Gasteiger partial charge in [-0.15, -0.1) is 0 Å². The summed E-state index contributed by atoms with van der Waals surface area (Å²) in [6, 6.07) is 5.95. The molecule has 1 atom stereocenters. The number of hydrogen-bond acceptors (Lipinski definition) is 6. The minimum Gasteiger partial charge on any atom is -0.454 e. The Morgan fingerprint density at radius 1 is 1.15 bits per heavy atom. The van der Waals surface area contributed by atoms with Crippen molar-refractivity contribution in [1.82, 2.24) is 4.31 Å². The van der Waals surface area contributed by atoms with E-state index in [2.05, 4.69) is 5.32 Å². The van der Waals surface area contributed by atoms with Crippen LogP contribution in [-0.4, -0.2) is 57.0 Å². The molecule has 2 aliphatic heterocycles. The van der Waals surface area contributed by atoms with Crippen molar-refractivity contribution in [2.45, 2.75) is 36.7 Å². The summed E-state index contributed by atoms with van der Waals surface area (Å²) in [5, 5.41) is 2.57. The Bertz CT molecular complexity index is 750. The molecule has 0 aliphatic carbocycles. The number of nitrogens with one attached hydrogen (secondary N) is 1. The van der Waals surface area contributed by atoms with Gasteiger partial charge in [-0.25, -0.2) is 13.2 Å². The van der Waals surface area contributed by atoms with Crippen LogP contribution in [0.25, 0.3) is 0 Å². The van der Waals surface area contributed by atoms with E-state index in [1.165, 1.54) is 28.6 Å². The lowest BCUT2D eigenvalue weighted by atomic mass is 10.2. The van der Waals surface area contributed by atoms with Crippen LogP contribution in [0, 0.1) is 0 Å². The Hall–Kier alpha value is -1.97. The summed E-state index contributed by atoms with van der Waals surface area (Å²) >= 11 is 0. The molecule has 2 saturated heterocycles. The normalized spacial score (nSPS) is 20.8. The maximum absolute atomic E-state index is 12.4. The number of nitrogens with zero attached hydrogens (tertiary/aromatic N) is 1. The van der Waals surface area contributed by atoms with E-state index in [1.807, 2.05) is 0 Å². The molecule has 1 N–H and O–H groups in total. The minimum atomic E-state index is -3.48. The Labute approximate surface area is 152 Å². The average Bonchev–Trinajstić information content (AvgIpc) is 3.33. The molecule has 2 aliphatic rings. The fourth-order valence-corrected chi connectivity index (χ4v) is 4.50. The van der Waals surface area contributed by atoms with Crippen LogP contribution in [0.2, 0.25) is 0 Å².